The van der Waals surface area contributed by atoms with Crippen LogP contribution in [-0.4, -0.2) is 75.9 Å². The number of halogens is 1. The fourth-order valence-electron chi connectivity index (χ4n) is 5.31. The van der Waals surface area contributed by atoms with Crippen LogP contribution >= 0.6 is 11.6 Å². The number of ether oxygens (including phenoxy) is 2. The first-order valence-corrected chi connectivity index (χ1v) is 13.8. The second kappa shape index (κ2) is 15.4. The molecule has 0 saturated carbocycles. The average Bonchev–Trinajstić information content (AvgIpc) is 3.13. The molecule has 2 fully saturated rings. The fraction of sp³-hybridized carbons (Fsp3) is 0.704. The summed E-state index contributed by atoms with van der Waals surface area (Å²) in [5, 5.41) is 9.91. The molecule has 3 N–H and O–H groups in total. The molecule has 1 aromatic carbocycles. The van der Waals surface area contributed by atoms with Crippen LogP contribution < -0.4 is 16.0 Å². The highest BCUT2D eigenvalue weighted by atomic mass is 35.5. The quantitative estimate of drug-likeness (QED) is 0.411. The van der Waals surface area contributed by atoms with Crippen molar-refractivity contribution in [3.63, 3.8) is 0 Å². The number of nitrogens with zero attached hydrogens (tertiary/aromatic N) is 1. The van der Waals surface area contributed by atoms with E-state index in [0.29, 0.717) is 30.6 Å². The molecule has 9 heteroatoms. The van der Waals surface area contributed by atoms with Gasteiger partial charge in [-0.3, -0.25) is 4.79 Å². The summed E-state index contributed by atoms with van der Waals surface area (Å²) in [7, 11) is 1.92. The molecule has 2 unspecified atom stereocenters. The molecule has 3 amide bonds. The molecule has 3 rings (SSSR count). The van der Waals surface area contributed by atoms with Crippen LogP contribution in [0.3, 0.4) is 0 Å². The van der Waals surface area contributed by atoms with Crippen LogP contribution in [0, 0.1) is 11.8 Å². The van der Waals surface area contributed by atoms with Gasteiger partial charge in [-0.2, -0.15) is 0 Å². The van der Waals surface area contributed by atoms with E-state index in [1.165, 1.54) is 6.42 Å². The largest absolute Gasteiger partial charge is 0.381 e. The molecule has 4 atom stereocenters. The van der Waals surface area contributed by atoms with E-state index in [-0.39, 0.29) is 36.6 Å². The van der Waals surface area contributed by atoms with Gasteiger partial charge in [-0.25, -0.2) is 4.79 Å². The van der Waals surface area contributed by atoms with Gasteiger partial charge >= 0.3 is 6.03 Å². The van der Waals surface area contributed by atoms with Crippen molar-refractivity contribution < 1.29 is 19.1 Å². The van der Waals surface area contributed by atoms with Crippen LogP contribution in [0.15, 0.2) is 24.3 Å². The lowest BCUT2D eigenvalue weighted by atomic mass is 9.88. The molecule has 0 spiro atoms. The number of likely N-dealkylation sites (N-methyl/N-ethyl adjacent to an activating group) is 2. The molecule has 2 aliphatic heterocycles. The van der Waals surface area contributed by atoms with Gasteiger partial charge in [0, 0.05) is 56.4 Å². The van der Waals surface area contributed by atoms with E-state index in [9.17, 15) is 9.59 Å². The Morgan fingerprint density at radius 1 is 1.25 bits per heavy atom. The number of hydrogen-bond acceptors (Lipinski definition) is 5. The predicted octanol–water partition coefficient (Wildman–Crippen LogP) is 3.75. The van der Waals surface area contributed by atoms with Gasteiger partial charge in [0.15, 0.2) is 0 Å². The lowest BCUT2D eigenvalue weighted by Gasteiger charge is -2.38. The number of carbonyl (C=O) groups is 2. The second-order valence-electron chi connectivity index (χ2n) is 9.96. The summed E-state index contributed by atoms with van der Waals surface area (Å²) in [6.45, 7) is 6.02. The van der Waals surface area contributed by atoms with Crippen molar-refractivity contribution in [3.8, 4) is 0 Å². The van der Waals surface area contributed by atoms with E-state index in [1.807, 2.05) is 43.1 Å². The predicted molar refractivity (Wildman–Crippen MR) is 142 cm³/mol. The van der Waals surface area contributed by atoms with Crippen LogP contribution in [0.4, 0.5) is 4.79 Å². The third-order valence-electron chi connectivity index (χ3n) is 7.02. The zero-order chi connectivity index (χ0) is 25.8. The Morgan fingerprint density at radius 3 is 2.89 bits per heavy atom. The van der Waals surface area contributed by atoms with Crippen LogP contribution in [0.2, 0.25) is 5.02 Å². The maximum absolute atomic E-state index is 13.3. The van der Waals surface area contributed by atoms with Crippen LogP contribution in [0.1, 0.15) is 57.1 Å². The molecule has 8 nitrogen and oxygen atoms in total. The number of piperidine rings is 1. The standard InChI is InChI=1S/C27H43ClN4O4/c1-3-30-25(33)19-36-26(21-9-6-11-23(28)15-21)22-10-7-12-32(17-22)27(34)31-24(16-29-2)14-20-8-4-5-13-35-18-20/h6,9,11,15,20,22,24,26,29H,3-5,7-8,10,12-14,16-19H2,1-2H3,(H,30,33)(H,31,34)/t20?,22?,24-,26-/m0/s1. The number of hydrogen-bond donors (Lipinski definition) is 3. The summed E-state index contributed by atoms with van der Waals surface area (Å²) in [6.07, 6.45) is 5.82. The van der Waals surface area contributed by atoms with Gasteiger partial charge in [-0.1, -0.05) is 30.2 Å². The molecule has 36 heavy (non-hydrogen) atoms. The molecule has 1 aromatic rings. The monoisotopic (exact) mass is 522 g/mol. The number of urea groups is 1. The molecule has 2 aliphatic rings. The van der Waals surface area contributed by atoms with Crippen molar-refractivity contribution in [3.05, 3.63) is 34.9 Å². The van der Waals surface area contributed by atoms with Crippen molar-refractivity contribution in [2.45, 2.75) is 57.6 Å². The van der Waals surface area contributed by atoms with Crippen molar-refractivity contribution in [2.24, 2.45) is 11.8 Å². The Hall–Kier alpha value is -1.87. The maximum Gasteiger partial charge on any atom is 0.317 e. The lowest BCUT2D eigenvalue weighted by molar-refractivity contribution is -0.129. The van der Waals surface area contributed by atoms with Gasteiger partial charge < -0.3 is 30.3 Å². The molecule has 0 aliphatic carbocycles. The third kappa shape index (κ3) is 9.21. The van der Waals surface area contributed by atoms with Gasteiger partial charge in [0.25, 0.3) is 0 Å². The number of amides is 3. The minimum atomic E-state index is -0.321. The molecular weight excluding hydrogens is 480 g/mol. The Kier molecular flexibility index (Phi) is 12.3. The molecule has 0 aromatic heterocycles. The third-order valence-corrected chi connectivity index (χ3v) is 7.25. The second-order valence-corrected chi connectivity index (χ2v) is 10.4. The Morgan fingerprint density at radius 2 is 2.11 bits per heavy atom. The summed E-state index contributed by atoms with van der Waals surface area (Å²) in [5.41, 5.74) is 0.931. The minimum Gasteiger partial charge on any atom is -0.381 e. The molecular formula is C27H43ClN4O4. The van der Waals surface area contributed by atoms with Crippen molar-refractivity contribution >= 4 is 23.5 Å². The van der Waals surface area contributed by atoms with Crippen molar-refractivity contribution in [2.75, 3.05) is 53.0 Å². The molecule has 202 valence electrons. The minimum absolute atomic E-state index is 0.0264. The van der Waals surface area contributed by atoms with Gasteiger partial charge in [0.2, 0.25) is 5.91 Å². The molecule has 0 bridgehead atoms. The van der Waals surface area contributed by atoms with E-state index in [4.69, 9.17) is 21.1 Å². The lowest BCUT2D eigenvalue weighted by Crippen LogP contribution is -2.52. The van der Waals surface area contributed by atoms with Gasteiger partial charge in [0.05, 0.1) is 6.10 Å². The number of benzene rings is 1. The molecule has 2 heterocycles. The van der Waals surface area contributed by atoms with Gasteiger partial charge in [-0.15, -0.1) is 0 Å². The first-order chi connectivity index (χ1) is 17.5. The first-order valence-electron chi connectivity index (χ1n) is 13.4. The van der Waals surface area contributed by atoms with E-state index in [2.05, 4.69) is 16.0 Å². The van der Waals surface area contributed by atoms with Crippen molar-refractivity contribution in [1.82, 2.24) is 20.9 Å². The molecule has 2 saturated heterocycles. The zero-order valence-corrected chi connectivity index (χ0v) is 22.5. The highest BCUT2D eigenvalue weighted by Crippen LogP contribution is 2.34. The Balaban J connectivity index is 1.64. The highest BCUT2D eigenvalue weighted by Gasteiger charge is 2.32. The molecule has 0 radical (unpaired) electrons. The number of nitrogens with one attached hydrogen (secondary N) is 3. The summed E-state index contributed by atoms with van der Waals surface area (Å²) in [4.78, 5) is 27.3. The Bertz CT molecular complexity index is 819. The van der Waals surface area contributed by atoms with Crippen LogP contribution in [-0.2, 0) is 14.3 Å². The SMILES string of the molecule is CCNC(=O)CO[C@@H](c1cccc(Cl)c1)C1CCCN(C(=O)N[C@H](CNC)CC2CCCCOC2)C1. The normalized spacial score (nSPS) is 22.4. The van der Waals surface area contributed by atoms with Gasteiger partial charge in [0.1, 0.15) is 6.61 Å². The van der Waals surface area contributed by atoms with Crippen molar-refractivity contribution in [1.29, 1.82) is 0 Å². The summed E-state index contributed by atoms with van der Waals surface area (Å²) in [6, 6.07) is 7.60. The summed E-state index contributed by atoms with van der Waals surface area (Å²) < 4.78 is 11.9. The van der Waals surface area contributed by atoms with E-state index in [1.54, 1.807) is 0 Å². The highest BCUT2D eigenvalue weighted by molar-refractivity contribution is 6.30. The Labute approximate surface area is 220 Å². The topological polar surface area (TPSA) is 91.9 Å². The average molecular weight is 523 g/mol. The van der Waals surface area contributed by atoms with E-state index >= 15 is 0 Å². The van der Waals surface area contributed by atoms with Crippen LogP contribution in [0.25, 0.3) is 0 Å². The fourth-order valence-corrected chi connectivity index (χ4v) is 5.51. The van der Waals surface area contributed by atoms with Crippen LogP contribution in [0.5, 0.6) is 0 Å². The smallest absolute Gasteiger partial charge is 0.317 e. The zero-order valence-electron chi connectivity index (χ0n) is 21.8. The summed E-state index contributed by atoms with van der Waals surface area (Å²) >= 11 is 6.27. The number of carbonyl (C=O) groups excluding carboxylic acids is 2. The number of likely N-dealkylation sites (tertiary alicyclic amines) is 1. The van der Waals surface area contributed by atoms with E-state index in [0.717, 1.165) is 57.4 Å². The number of rotatable bonds is 11. The maximum atomic E-state index is 13.3. The van der Waals surface area contributed by atoms with E-state index < -0.39 is 0 Å². The van der Waals surface area contributed by atoms with Gasteiger partial charge in [-0.05, 0) is 69.7 Å². The summed E-state index contributed by atoms with van der Waals surface area (Å²) in [5.74, 6) is 0.387. The first kappa shape index (κ1) is 28.7.